The maximum absolute atomic E-state index is 12.7. The molecule has 2 amide bonds. The van der Waals surface area contributed by atoms with Gasteiger partial charge >= 0.3 is 0 Å². The lowest BCUT2D eigenvalue weighted by atomic mass is 9.95. The number of hydrogen-bond donors (Lipinski definition) is 2. The van der Waals surface area contributed by atoms with Crippen molar-refractivity contribution in [2.75, 3.05) is 13.1 Å². The van der Waals surface area contributed by atoms with Crippen molar-refractivity contribution >= 4 is 28.9 Å². The molecule has 2 aromatic carbocycles. The molecule has 3 aromatic rings. The van der Waals surface area contributed by atoms with Gasteiger partial charge in [-0.25, -0.2) is 4.98 Å². The van der Waals surface area contributed by atoms with Crippen LogP contribution in [0.4, 0.5) is 0 Å². The van der Waals surface area contributed by atoms with E-state index in [4.69, 9.17) is 0 Å². The summed E-state index contributed by atoms with van der Waals surface area (Å²) in [5.41, 5.74) is 2.85. The van der Waals surface area contributed by atoms with Crippen LogP contribution < -0.4 is 5.32 Å². The second kappa shape index (κ2) is 8.95. The summed E-state index contributed by atoms with van der Waals surface area (Å²) in [6.45, 7) is 3.12. The van der Waals surface area contributed by atoms with Gasteiger partial charge in [0.1, 0.15) is 5.82 Å². The normalized spacial score (nSPS) is 16.1. The van der Waals surface area contributed by atoms with E-state index in [1.54, 1.807) is 6.08 Å². The standard InChI is InChI=1S/C24H26N4O2/c1-17(23-26-20-9-5-6-10-21(20)27-23)25-24(30)19-13-15-28(16-14-19)22(29)12-11-18-7-3-2-4-8-18/h2-12,17,19H,13-16H2,1H3,(H,25,30)(H,26,27)/b12-11+. The van der Waals surface area contributed by atoms with E-state index in [-0.39, 0.29) is 23.8 Å². The van der Waals surface area contributed by atoms with E-state index in [1.807, 2.05) is 72.5 Å². The van der Waals surface area contributed by atoms with E-state index >= 15 is 0 Å². The molecule has 1 aliphatic heterocycles. The third-order valence-corrected chi connectivity index (χ3v) is 5.57. The number of rotatable bonds is 5. The molecule has 154 valence electrons. The molecule has 1 fully saturated rings. The highest BCUT2D eigenvalue weighted by molar-refractivity contribution is 5.92. The van der Waals surface area contributed by atoms with Crippen LogP contribution in [0.15, 0.2) is 60.7 Å². The SMILES string of the molecule is CC(NC(=O)C1CCN(C(=O)/C=C/c2ccccc2)CC1)c1nc2ccccc2[nH]1. The highest BCUT2D eigenvalue weighted by atomic mass is 16.2. The number of nitrogens with zero attached hydrogens (tertiary/aromatic N) is 2. The van der Waals surface area contributed by atoms with Crippen molar-refractivity contribution in [3.05, 3.63) is 72.1 Å². The number of carbonyl (C=O) groups is 2. The summed E-state index contributed by atoms with van der Waals surface area (Å²) in [7, 11) is 0. The van der Waals surface area contributed by atoms with E-state index in [0.29, 0.717) is 25.9 Å². The average Bonchev–Trinajstić information content (AvgIpc) is 3.23. The van der Waals surface area contributed by atoms with Crippen molar-refractivity contribution in [1.82, 2.24) is 20.2 Å². The maximum atomic E-state index is 12.7. The Balaban J connectivity index is 1.28. The number of likely N-dealkylation sites (tertiary alicyclic amines) is 1. The quantitative estimate of drug-likeness (QED) is 0.639. The van der Waals surface area contributed by atoms with Crippen LogP contribution in [0.5, 0.6) is 0 Å². The molecule has 1 saturated heterocycles. The van der Waals surface area contributed by atoms with Gasteiger partial charge in [0, 0.05) is 25.1 Å². The third-order valence-electron chi connectivity index (χ3n) is 5.57. The Morgan fingerprint density at radius 2 is 1.80 bits per heavy atom. The molecule has 6 heteroatoms. The molecule has 1 atom stereocenters. The van der Waals surface area contributed by atoms with Crippen LogP contribution in [0, 0.1) is 5.92 Å². The van der Waals surface area contributed by atoms with Crippen LogP contribution in [-0.2, 0) is 9.59 Å². The highest BCUT2D eigenvalue weighted by Gasteiger charge is 2.27. The van der Waals surface area contributed by atoms with Gasteiger partial charge in [0.05, 0.1) is 17.1 Å². The Bertz CT molecular complexity index is 1020. The summed E-state index contributed by atoms with van der Waals surface area (Å²) < 4.78 is 0. The zero-order chi connectivity index (χ0) is 20.9. The van der Waals surface area contributed by atoms with Crippen LogP contribution in [0.3, 0.4) is 0 Å². The number of para-hydroxylation sites is 2. The summed E-state index contributed by atoms with van der Waals surface area (Å²) in [5, 5.41) is 3.07. The van der Waals surface area contributed by atoms with Gasteiger partial charge in [-0.3, -0.25) is 9.59 Å². The lowest BCUT2D eigenvalue weighted by Crippen LogP contribution is -2.43. The summed E-state index contributed by atoms with van der Waals surface area (Å²) in [5.74, 6) is 0.686. The fourth-order valence-corrected chi connectivity index (χ4v) is 3.78. The molecule has 4 rings (SSSR count). The van der Waals surface area contributed by atoms with E-state index in [1.165, 1.54) is 0 Å². The Labute approximate surface area is 176 Å². The number of H-pyrrole nitrogens is 1. The molecular weight excluding hydrogens is 376 g/mol. The molecule has 2 N–H and O–H groups in total. The average molecular weight is 402 g/mol. The number of fused-ring (bicyclic) bond motifs is 1. The van der Waals surface area contributed by atoms with Gasteiger partial charge in [-0.1, -0.05) is 42.5 Å². The molecule has 0 radical (unpaired) electrons. The fourth-order valence-electron chi connectivity index (χ4n) is 3.78. The number of piperidine rings is 1. The lowest BCUT2D eigenvalue weighted by Gasteiger charge is -2.31. The largest absolute Gasteiger partial charge is 0.346 e. The second-order valence-corrected chi connectivity index (χ2v) is 7.71. The van der Waals surface area contributed by atoms with Gasteiger partial charge in [0.15, 0.2) is 0 Å². The second-order valence-electron chi connectivity index (χ2n) is 7.71. The summed E-state index contributed by atoms with van der Waals surface area (Å²) >= 11 is 0. The molecular formula is C24H26N4O2. The smallest absolute Gasteiger partial charge is 0.246 e. The first-order valence-corrected chi connectivity index (χ1v) is 10.4. The lowest BCUT2D eigenvalue weighted by molar-refractivity contribution is -0.132. The number of nitrogens with one attached hydrogen (secondary N) is 2. The van der Waals surface area contributed by atoms with Gasteiger partial charge < -0.3 is 15.2 Å². The highest BCUT2D eigenvalue weighted by Crippen LogP contribution is 2.20. The predicted octanol–water partition coefficient (Wildman–Crippen LogP) is 3.69. The molecule has 0 bridgehead atoms. The number of hydrogen-bond acceptors (Lipinski definition) is 3. The Hall–Kier alpha value is -3.41. The van der Waals surface area contributed by atoms with Gasteiger partial charge in [0.25, 0.3) is 0 Å². The Morgan fingerprint density at radius 1 is 1.10 bits per heavy atom. The topological polar surface area (TPSA) is 78.1 Å². The summed E-state index contributed by atoms with van der Waals surface area (Å²) in [6.07, 6.45) is 4.78. The van der Waals surface area contributed by atoms with E-state index in [9.17, 15) is 9.59 Å². The van der Waals surface area contributed by atoms with Crippen LogP contribution in [0.25, 0.3) is 17.1 Å². The minimum Gasteiger partial charge on any atom is -0.346 e. The molecule has 1 aromatic heterocycles. The number of carbonyl (C=O) groups excluding carboxylic acids is 2. The Morgan fingerprint density at radius 3 is 2.53 bits per heavy atom. The zero-order valence-corrected chi connectivity index (χ0v) is 17.0. The van der Waals surface area contributed by atoms with Gasteiger partial charge in [-0.05, 0) is 43.5 Å². The van der Waals surface area contributed by atoms with E-state index < -0.39 is 0 Å². The number of aromatic nitrogens is 2. The molecule has 0 aliphatic carbocycles. The number of benzene rings is 2. The first kappa shape index (κ1) is 19.9. The molecule has 1 unspecified atom stereocenters. The Kier molecular flexibility index (Phi) is 5.93. The molecule has 6 nitrogen and oxygen atoms in total. The first-order chi connectivity index (χ1) is 14.6. The maximum Gasteiger partial charge on any atom is 0.246 e. The fraction of sp³-hybridized carbons (Fsp3) is 0.292. The third kappa shape index (κ3) is 4.59. The van der Waals surface area contributed by atoms with Crippen molar-refractivity contribution in [3.8, 4) is 0 Å². The van der Waals surface area contributed by atoms with Crippen LogP contribution in [0.2, 0.25) is 0 Å². The van der Waals surface area contributed by atoms with E-state index in [2.05, 4.69) is 15.3 Å². The molecule has 1 aliphatic rings. The number of imidazole rings is 1. The summed E-state index contributed by atoms with van der Waals surface area (Å²) in [6, 6.07) is 17.4. The van der Waals surface area contributed by atoms with Crippen molar-refractivity contribution in [3.63, 3.8) is 0 Å². The van der Waals surface area contributed by atoms with Gasteiger partial charge in [-0.15, -0.1) is 0 Å². The van der Waals surface area contributed by atoms with Crippen molar-refractivity contribution in [2.24, 2.45) is 5.92 Å². The predicted molar refractivity (Wildman–Crippen MR) is 117 cm³/mol. The minimum atomic E-state index is -0.196. The van der Waals surface area contributed by atoms with Crippen molar-refractivity contribution in [1.29, 1.82) is 0 Å². The van der Waals surface area contributed by atoms with Crippen LogP contribution in [0.1, 0.15) is 37.2 Å². The number of aromatic amines is 1. The molecule has 0 saturated carbocycles. The van der Waals surface area contributed by atoms with Crippen molar-refractivity contribution < 1.29 is 9.59 Å². The summed E-state index contributed by atoms with van der Waals surface area (Å²) in [4.78, 5) is 34.8. The first-order valence-electron chi connectivity index (χ1n) is 10.4. The van der Waals surface area contributed by atoms with Gasteiger partial charge in [0.2, 0.25) is 11.8 Å². The molecule has 0 spiro atoms. The van der Waals surface area contributed by atoms with Gasteiger partial charge in [-0.2, -0.15) is 0 Å². The molecule has 2 heterocycles. The monoisotopic (exact) mass is 402 g/mol. The van der Waals surface area contributed by atoms with E-state index in [0.717, 1.165) is 22.4 Å². The van der Waals surface area contributed by atoms with Crippen LogP contribution in [-0.4, -0.2) is 39.8 Å². The van der Waals surface area contributed by atoms with Crippen LogP contribution >= 0.6 is 0 Å². The van der Waals surface area contributed by atoms with Crippen molar-refractivity contribution in [2.45, 2.75) is 25.8 Å². The minimum absolute atomic E-state index is 0.00615. The zero-order valence-electron chi connectivity index (χ0n) is 17.0. The molecule has 30 heavy (non-hydrogen) atoms. The number of amides is 2.